The molecule has 0 aliphatic carbocycles. The van der Waals surface area contributed by atoms with Crippen molar-refractivity contribution in [1.29, 1.82) is 0 Å². The third kappa shape index (κ3) is 3.23. The first-order valence-electron chi connectivity index (χ1n) is 6.97. The second-order valence-corrected chi connectivity index (χ2v) is 6.22. The summed E-state index contributed by atoms with van der Waals surface area (Å²) in [6, 6.07) is 14.4. The minimum atomic E-state index is 0.586. The summed E-state index contributed by atoms with van der Waals surface area (Å²) in [6.45, 7) is 3.49. The number of rotatable bonds is 5. The van der Waals surface area contributed by atoms with Gasteiger partial charge in [-0.05, 0) is 38.2 Å². The minimum absolute atomic E-state index is 0.586. The van der Waals surface area contributed by atoms with Crippen molar-refractivity contribution >= 4 is 22.2 Å². The van der Waals surface area contributed by atoms with E-state index in [2.05, 4.69) is 34.6 Å². The lowest BCUT2D eigenvalue weighted by molar-refractivity contribution is 0.313. The minimum Gasteiger partial charge on any atom is -0.486 e. The van der Waals surface area contributed by atoms with Crippen molar-refractivity contribution < 1.29 is 4.74 Å². The predicted molar refractivity (Wildman–Crippen MR) is 87.9 cm³/mol. The molecule has 1 N–H and O–H groups in total. The number of thiophene rings is 1. The highest BCUT2D eigenvalue weighted by Crippen LogP contribution is 2.26. The standard InChI is InChI=1S/C17H18N2OS/c1-12-6-7-13-4-3-5-16(17(13)19-12)20-11-15-9-8-14(21-15)10-18-2/h3-9,18H,10-11H2,1-2H3. The number of hydrogen-bond acceptors (Lipinski definition) is 4. The van der Waals surface area contributed by atoms with Gasteiger partial charge in [0.1, 0.15) is 17.9 Å². The van der Waals surface area contributed by atoms with Crippen molar-refractivity contribution in [3.05, 3.63) is 57.9 Å². The van der Waals surface area contributed by atoms with Crippen molar-refractivity contribution in [1.82, 2.24) is 10.3 Å². The average molecular weight is 298 g/mol. The number of para-hydroxylation sites is 1. The fraction of sp³-hybridized carbons (Fsp3) is 0.235. The first-order valence-corrected chi connectivity index (χ1v) is 7.79. The van der Waals surface area contributed by atoms with E-state index in [9.17, 15) is 0 Å². The lowest BCUT2D eigenvalue weighted by Gasteiger charge is -2.08. The summed E-state index contributed by atoms with van der Waals surface area (Å²) >= 11 is 1.78. The highest BCUT2D eigenvalue weighted by Gasteiger charge is 2.05. The van der Waals surface area contributed by atoms with Crippen LogP contribution in [0.5, 0.6) is 5.75 Å². The molecule has 108 valence electrons. The van der Waals surface area contributed by atoms with Gasteiger partial charge in [-0.3, -0.25) is 0 Å². The highest BCUT2D eigenvalue weighted by molar-refractivity contribution is 7.11. The normalized spacial score (nSPS) is 11.0. The van der Waals surface area contributed by atoms with Gasteiger partial charge < -0.3 is 10.1 Å². The van der Waals surface area contributed by atoms with Crippen LogP contribution in [-0.2, 0) is 13.2 Å². The Morgan fingerprint density at radius 1 is 1.10 bits per heavy atom. The number of aryl methyl sites for hydroxylation is 1. The number of nitrogens with one attached hydrogen (secondary N) is 1. The third-order valence-electron chi connectivity index (χ3n) is 3.26. The van der Waals surface area contributed by atoms with Crippen LogP contribution in [0.1, 0.15) is 15.4 Å². The Hall–Kier alpha value is -1.91. The van der Waals surface area contributed by atoms with Crippen molar-refractivity contribution in [2.45, 2.75) is 20.1 Å². The van der Waals surface area contributed by atoms with E-state index in [1.807, 2.05) is 32.2 Å². The first kappa shape index (κ1) is 14.0. The van der Waals surface area contributed by atoms with Crippen molar-refractivity contribution in [3.63, 3.8) is 0 Å². The number of ether oxygens (including phenoxy) is 1. The zero-order valence-electron chi connectivity index (χ0n) is 12.2. The molecule has 3 nitrogen and oxygen atoms in total. The van der Waals surface area contributed by atoms with Crippen molar-refractivity contribution in [2.75, 3.05) is 7.05 Å². The van der Waals surface area contributed by atoms with Gasteiger partial charge in [0.2, 0.25) is 0 Å². The Morgan fingerprint density at radius 3 is 2.81 bits per heavy atom. The van der Waals surface area contributed by atoms with E-state index >= 15 is 0 Å². The van der Waals surface area contributed by atoms with Gasteiger partial charge in [-0.1, -0.05) is 18.2 Å². The molecule has 0 saturated heterocycles. The van der Waals surface area contributed by atoms with E-state index in [1.54, 1.807) is 11.3 Å². The quantitative estimate of drug-likeness (QED) is 0.775. The van der Waals surface area contributed by atoms with E-state index < -0.39 is 0 Å². The summed E-state index contributed by atoms with van der Waals surface area (Å²) in [4.78, 5) is 7.14. The largest absolute Gasteiger partial charge is 0.486 e. The Labute approximate surface area is 128 Å². The monoisotopic (exact) mass is 298 g/mol. The fourth-order valence-corrected chi connectivity index (χ4v) is 3.20. The molecule has 3 aromatic rings. The van der Waals surface area contributed by atoms with E-state index in [0.29, 0.717) is 6.61 Å². The van der Waals surface area contributed by atoms with Gasteiger partial charge >= 0.3 is 0 Å². The van der Waals surface area contributed by atoms with Gasteiger partial charge in [0.25, 0.3) is 0 Å². The van der Waals surface area contributed by atoms with Crippen molar-refractivity contribution in [3.8, 4) is 5.75 Å². The number of hydrogen-bond donors (Lipinski definition) is 1. The molecule has 0 aliphatic rings. The summed E-state index contributed by atoms with van der Waals surface area (Å²) in [5.41, 5.74) is 1.94. The second kappa shape index (κ2) is 6.24. The smallest absolute Gasteiger partial charge is 0.146 e. The van der Waals surface area contributed by atoms with E-state index in [4.69, 9.17) is 4.74 Å². The van der Waals surface area contributed by atoms with Crippen LogP contribution in [0, 0.1) is 6.92 Å². The Balaban J connectivity index is 1.79. The van der Waals surface area contributed by atoms with Gasteiger partial charge in [-0.25, -0.2) is 4.98 Å². The van der Waals surface area contributed by atoms with Gasteiger partial charge in [0.15, 0.2) is 0 Å². The maximum absolute atomic E-state index is 5.98. The van der Waals surface area contributed by atoms with E-state index in [1.165, 1.54) is 9.75 Å². The van der Waals surface area contributed by atoms with Crippen LogP contribution in [0.3, 0.4) is 0 Å². The topological polar surface area (TPSA) is 34.1 Å². The summed E-state index contributed by atoms with van der Waals surface area (Å²) < 4.78 is 5.98. The summed E-state index contributed by atoms with van der Waals surface area (Å²) in [6.07, 6.45) is 0. The molecule has 0 unspecified atom stereocenters. The Kier molecular flexibility index (Phi) is 4.18. The number of nitrogens with zero attached hydrogens (tertiary/aromatic N) is 1. The lowest BCUT2D eigenvalue weighted by Crippen LogP contribution is -2.02. The van der Waals surface area contributed by atoms with Crippen LogP contribution in [0.15, 0.2) is 42.5 Å². The summed E-state index contributed by atoms with van der Waals surface area (Å²) in [7, 11) is 1.96. The van der Waals surface area contributed by atoms with E-state index in [0.717, 1.165) is 28.9 Å². The van der Waals surface area contributed by atoms with Crippen LogP contribution in [0.25, 0.3) is 10.9 Å². The molecule has 1 aromatic carbocycles. The molecule has 2 heterocycles. The van der Waals surface area contributed by atoms with Gasteiger partial charge in [0.05, 0.1) is 0 Å². The molecular weight excluding hydrogens is 280 g/mol. The van der Waals surface area contributed by atoms with Gasteiger partial charge in [0, 0.05) is 27.4 Å². The summed E-state index contributed by atoms with van der Waals surface area (Å²) in [5, 5.41) is 4.27. The molecule has 0 fully saturated rings. The van der Waals surface area contributed by atoms with Crippen LogP contribution in [0.4, 0.5) is 0 Å². The van der Waals surface area contributed by atoms with Crippen LogP contribution in [-0.4, -0.2) is 12.0 Å². The first-order chi connectivity index (χ1) is 10.3. The average Bonchev–Trinajstić information content (AvgIpc) is 2.93. The van der Waals surface area contributed by atoms with Crippen LogP contribution in [0.2, 0.25) is 0 Å². The predicted octanol–water partition coefficient (Wildman–Crippen LogP) is 3.90. The molecule has 0 atom stereocenters. The summed E-state index contributed by atoms with van der Waals surface area (Å²) in [5.74, 6) is 0.847. The molecule has 0 radical (unpaired) electrons. The molecule has 0 aliphatic heterocycles. The number of pyridine rings is 1. The molecular formula is C17H18N2OS. The molecule has 0 saturated carbocycles. The Morgan fingerprint density at radius 2 is 1.95 bits per heavy atom. The maximum Gasteiger partial charge on any atom is 0.146 e. The second-order valence-electron chi connectivity index (χ2n) is 4.97. The Bertz CT molecular complexity index is 751. The van der Waals surface area contributed by atoms with Crippen LogP contribution < -0.4 is 10.1 Å². The SMILES string of the molecule is CNCc1ccc(COc2cccc3ccc(C)nc23)s1. The lowest BCUT2D eigenvalue weighted by atomic mass is 10.2. The zero-order chi connectivity index (χ0) is 14.7. The van der Waals surface area contributed by atoms with E-state index in [-0.39, 0.29) is 0 Å². The number of benzene rings is 1. The molecule has 0 amide bonds. The molecule has 2 aromatic heterocycles. The highest BCUT2D eigenvalue weighted by atomic mass is 32.1. The van der Waals surface area contributed by atoms with Crippen molar-refractivity contribution in [2.24, 2.45) is 0 Å². The molecule has 0 spiro atoms. The molecule has 4 heteroatoms. The van der Waals surface area contributed by atoms with Gasteiger partial charge in [-0.2, -0.15) is 0 Å². The number of aromatic nitrogens is 1. The maximum atomic E-state index is 5.98. The molecule has 3 rings (SSSR count). The van der Waals surface area contributed by atoms with Crippen LogP contribution >= 0.6 is 11.3 Å². The fourth-order valence-electron chi connectivity index (χ4n) is 2.25. The third-order valence-corrected chi connectivity index (χ3v) is 4.32. The molecule has 21 heavy (non-hydrogen) atoms. The van der Waals surface area contributed by atoms with Gasteiger partial charge in [-0.15, -0.1) is 11.3 Å². The molecule has 0 bridgehead atoms. The zero-order valence-corrected chi connectivity index (χ0v) is 13.0. The number of fused-ring (bicyclic) bond motifs is 1.